The highest BCUT2D eigenvalue weighted by atomic mass is 19.3. The minimum absolute atomic E-state index is 0.0697. The maximum absolute atomic E-state index is 12.1. The second-order valence-electron chi connectivity index (χ2n) is 5.46. The lowest BCUT2D eigenvalue weighted by molar-refractivity contribution is 0.0794. The van der Waals surface area contributed by atoms with Gasteiger partial charge in [0.25, 0.3) is 12.3 Å². The highest BCUT2D eigenvalue weighted by Crippen LogP contribution is 2.24. The maximum Gasteiger partial charge on any atom is 0.272 e. The summed E-state index contributed by atoms with van der Waals surface area (Å²) in [6.07, 6.45) is 2.26. The van der Waals surface area contributed by atoms with E-state index < -0.39 is 13.0 Å². The fourth-order valence-electron chi connectivity index (χ4n) is 2.51. The molecule has 7 heteroatoms. The molecule has 0 atom stereocenters. The normalized spacial score (nSPS) is 21.6. The van der Waals surface area contributed by atoms with Gasteiger partial charge >= 0.3 is 0 Å². The SMILES string of the molecule is O=C(NC1CCC(CO)CC1)c1ccc(OCC(F)F)nc1. The van der Waals surface area contributed by atoms with Crippen LogP contribution < -0.4 is 10.1 Å². The molecule has 22 heavy (non-hydrogen) atoms. The van der Waals surface area contributed by atoms with Gasteiger partial charge in [0, 0.05) is 24.9 Å². The molecular formula is C15H20F2N2O3. The van der Waals surface area contributed by atoms with Gasteiger partial charge in [0.1, 0.15) is 0 Å². The van der Waals surface area contributed by atoms with E-state index in [9.17, 15) is 13.6 Å². The van der Waals surface area contributed by atoms with Gasteiger partial charge in [0.2, 0.25) is 5.88 Å². The highest BCUT2D eigenvalue weighted by Gasteiger charge is 2.22. The van der Waals surface area contributed by atoms with Crippen molar-refractivity contribution in [2.75, 3.05) is 13.2 Å². The van der Waals surface area contributed by atoms with Crippen molar-refractivity contribution in [2.24, 2.45) is 5.92 Å². The lowest BCUT2D eigenvalue weighted by Gasteiger charge is -2.27. The molecule has 1 fully saturated rings. The van der Waals surface area contributed by atoms with E-state index in [1.165, 1.54) is 18.3 Å². The van der Waals surface area contributed by atoms with Crippen LogP contribution in [0, 0.1) is 5.92 Å². The van der Waals surface area contributed by atoms with Gasteiger partial charge in [-0.1, -0.05) is 0 Å². The number of rotatable bonds is 6. The fraction of sp³-hybridized carbons (Fsp3) is 0.600. The maximum atomic E-state index is 12.1. The number of nitrogens with zero attached hydrogens (tertiary/aromatic N) is 1. The molecule has 0 bridgehead atoms. The number of aliphatic hydroxyl groups excluding tert-OH is 1. The molecule has 1 saturated carbocycles. The van der Waals surface area contributed by atoms with Crippen LogP contribution in [0.15, 0.2) is 18.3 Å². The molecule has 122 valence electrons. The van der Waals surface area contributed by atoms with Crippen molar-refractivity contribution in [3.8, 4) is 5.88 Å². The smallest absolute Gasteiger partial charge is 0.272 e. The lowest BCUT2D eigenvalue weighted by Crippen LogP contribution is -2.38. The molecule has 1 heterocycles. The largest absolute Gasteiger partial charge is 0.472 e. The van der Waals surface area contributed by atoms with Crippen LogP contribution in [0.2, 0.25) is 0 Å². The molecule has 0 saturated heterocycles. The van der Waals surface area contributed by atoms with Crippen molar-refractivity contribution in [1.29, 1.82) is 0 Å². The topological polar surface area (TPSA) is 71.5 Å². The summed E-state index contributed by atoms with van der Waals surface area (Å²) in [5.74, 6) is 0.168. The number of alkyl halides is 2. The van der Waals surface area contributed by atoms with Gasteiger partial charge in [-0.25, -0.2) is 13.8 Å². The molecule has 0 spiro atoms. The molecule has 1 aliphatic carbocycles. The molecule has 1 aromatic rings. The molecule has 0 unspecified atom stereocenters. The summed E-state index contributed by atoms with van der Waals surface area (Å²) >= 11 is 0. The predicted molar refractivity (Wildman–Crippen MR) is 76.0 cm³/mol. The Labute approximate surface area is 127 Å². The molecular weight excluding hydrogens is 294 g/mol. The van der Waals surface area contributed by atoms with Gasteiger partial charge in [0.15, 0.2) is 6.61 Å². The second-order valence-corrected chi connectivity index (χ2v) is 5.46. The Morgan fingerprint density at radius 3 is 2.64 bits per heavy atom. The summed E-state index contributed by atoms with van der Waals surface area (Å²) in [5.41, 5.74) is 0.369. The van der Waals surface area contributed by atoms with Crippen molar-refractivity contribution in [3.63, 3.8) is 0 Å². The monoisotopic (exact) mass is 314 g/mol. The number of carbonyl (C=O) groups excluding carboxylic acids is 1. The fourth-order valence-corrected chi connectivity index (χ4v) is 2.51. The van der Waals surface area contributed by atoms with E-state index in [0.29, 0.717) is 11.5 Å². The third-order valence-corrected chi connectivity index (χ3v) is 3.80. The van der Waals surface area contributed by atoms with Crippen molar-refractivity contribution < 1.29 is 23.4 Å². The summed E-state index contributed by atoms with van der Waals surface area (Å²) < 4.78 is 28.8. The Hall–Kier alpha value is -1.76. The molecule has 5 nitrogen and oxygen atoms in total. The Kier molecular flexibility index (Phi) is 6.06. The van der Waals surface area contributed by atoms with Gasteiger partial charge in [-0.3, -0.25) is 4.79 Å². The van der Waals surface area contributed by atoms with Crippen LogP contribution in [0.3, 0.4) is 0 Å². The van der Waals surface area contributed by atoms with Crippen molar-refractivity contribution in [2.45, 2.75) is 38.2 Å². The Balaban J connectivity index is 1.82. The molecule has 0 radical (unpaired) electrons. The number of halogens is 2. The minimum atomic E-state index is -2.56. The first-order valence-electron chi connectivity index (χ1n) is 7.37. The standard InChI is InChI=1S/C15H20F2N2O3/c16-13(17)9-22-14-6-3-11(7-18-14)15(21)19-12-4-1-10(8-20)2-5-12/h3,6-7,10,12-13,20H,1-2,4-5,8-9H2,(H,19,21). The second kappa shape index (κ2) is 8.03. The number of carbonyl (C=O) groups is 1. The number of hydrogen-bond donors (Lipinski definition) is 2. The van der Waals surface area contributed by atoms with Crippen LogP contribution >= 0.6 is 0 Å². The zero-order chi connectivity index (χ0) is 15.9. The number of ether oxygens (including phenoxy) is 1. The highest BCUT2D eigenvalue weighted by molar-refractivity contribution is 5.94. The van der Waals surface area contributed by atoms with Gasteiger partial charge in [-0.05, 0) is 37.7 Å². The molecule has 1 aliphatic rings. The Morgan fingerprint density at radius 2 is 2.09 bits per heavy atom. The summed E-state index contributed by atoms with van der Waals surface area (Å²) in [6.45, 7) is -0.517. The van der Waals surface area contributed by atoms with E-state index >= 15 is 0 Å². The van der Waals surface area contributed by atoms with E-state index in [0.717, 1.165) is 25.7 Å². The number of pyridine rings is 1. The number of nitrogens with one attached hydrogen (secondary N) is 1. The van der Waals surface area contributed by atoms with Gasteiger partial charge in [-0.15, -0.1) is 0 Å². The first-order valence-corrected chi connectivity index (χ1v) is 7.37. The zero-order valence-electron chi connectivity index (χ0n) is 12.2. The van der Waals surface area contributed by atoms with E-state index in [1.807, 2.05) is 0 Å². The quantitative estimate of drug-likeness (QED) is 0.842. The third-order valence-electron chi connectivity index (χ3n) is 3.80. The van der Waals surface area contributed by atoms with Crippen LogP contribution in [-0.4, -0.2) is 41.7 Å². The Bertz CT molecular complexity index is 474. The molecule has 2 rings (SSSR count). The van der Waals surface area contributed by atoms with E-state index in [2.05, 4.69) is 10.3 Å². The average Bonchev–Trinajstić information content (AvgIpc) is 2.54. The predicted octanol–water partition coefficient (Wildman–Crippen LogP) is 2.01. The van der Waals surface area contributed by atoms with Crippen molar-refractivity contribution >= 4 is 5.91 Å². The lowest BCUT2D eigenvalue weighted by atomic mass is 9.86. The average molecular weight is 314 g/mol. The van der Waals surface area contributed by atoms with Crippen LogP contribution in [0.4, 0.5) is 8.78 Å². The zero-order valence-corrected chi connectivity index (χ0v) is 12.2. The van der Waals surface area contributed by atoms with Crippen molar-refractivity contribution in [1.82, 2.24) is 10.3 Å². The van der Waals surface area contributed by atoms with E-state index in [-0.39, 0.29) is 24.4 Å². The molecule has 2 N–H and O–H groups in total. The van der Waals surface area contributed by atoms with Crippen LogP contribution in [0.1, 0.15) is 36.0 Å². The molecule has 0 aliphatic heterocycles. The summed E-state index contributed by atoms with van der Waals surface area (Å²) in [5, 5.41) is 12.0. The van der Waals surface area contributed by atoms with Crippen LogP contribution in [0.25, 0.3) is 0 Å². The van der Waals surface area contributed by atoms with Crippen molar-refractivity contribution in [3.05, 3.63) is 23.9 Å². The number of hydrogen-bond acceptors (Lipinski definition) is 4. The first kappa shape index (κ1) is 16.6. The van der Waals surface area contributed by atoms with Gasteiger partial charge < -0.3 is 15.2 Å². The summed E-state index contributed by atoms with van der Waals surface area (Å²) in [7, 11) is 0. The first-order chi connectivity index (χ1) is 10.6. The number of aliphatic hydroxyl groups is 1. The van der Waals surface area contributed by atoms with Gasteiger partial charge in [-0.2, -0.15) is 0 Å². The van der Waals surface area contributed by atoms with Crippen LogP contribution in [0.5, 0.6) is 5.88 Å². The minimum Gasteiger partial charge on any atom is -0.472 e. The number of amides is 1. The molecule has 1 aromatic heterocycles. The molecule has 0 aromatic carbocycles. The molecule has 1 amide bonds. The number of aromatic nitrogens is 1. The van der Waals surface area contributed by atoms with E-state index in [4.69, 9.17) is 9.84 Å². The third kappa shape index (κ3) is 4.91. The van der Waals surface area contributed by atoms with E-state index in [1.54, 1.807) is 0 Å². The van der Waals surface area contributed by atoms with Crippen LogP contribution in [-0.2, 0) is 0 Å². The summed E-state index contributed by atoms with van der Waals surface area (Å²) in [4.78, 5) is 15.9. The van der Waals surface area contributed by atoms with Gasteiger partial charge in [0.05, 0.1) is 5.56 Å². The summed E-state index contributed by atoms with van der Waals surface area (Å²) in [6, 6.07) is 3.01. The Morgan fingerprint density at radius 1 is 1.36 bits per heavy atom.